The molecule has 0 aliphatic rings. The Bertz CT molecular complexity index is 1520. The third-order valence-electron chi connectivity index (χ3n) is 6.99. The average molecular weight is 548 g/mol. The summed E-state index contributed by atoms with van der Waals surface area (Å²) < 4.78 is 6.01. The Balaban J connectivity index is 1.16. The third kappa shape index (κ3) is 7.62. The highest BCUT2D eigenvalue weighted by atomic mass is 16.5. The first-order chi connectivity index (χ1) is 20.0. The Kier molecular flexibility index (Phi) is 9.08. The quantitative estimate of drug-likeness (QED) is 0.176. The number of aromatic nitrogens is 1. The second-order valence-electron chi connectivity index (χ2n) is 9.98. The van der Waals surface area contributed by atoms with Crippen LogP contribution in [0.25, 0.3) is 10.9 Å². The molecule has 0 aliphatic heterocycles. The minimum absolute atomic E-state index is 0.175. The van der Waals surface area contributed by atoms with Crippen LogP contribution in [0.5, 0.6) is 5.75 Å². The van der Waals surface area contributed by atoms with Crippen LogP contribution in [0, 0.1) is 0 Å². The van der Waals surface area contributed by atoms with Crippen LogP contribution in [-0.2, 0) is 24.3 Å². The molecular weight excluding hydrogens is 514 g/mol. The van der Waals surface area contributed by atoms with Crippen LogP contribution in [0.4, 0.5) is 0 Å². The Labute approximate surface area is 239 Å². The number of nitrogens with one attached hydrogen (secondary N) is 2. The second-order valence-corrected chi connectivity index (χ2v) is 9.98. The van der Waals surface area contributed by atoms with E-state index in [0.717, 1.165) is 36.1 Å². The van der Waals surface area contributed by atoms with Crippen LogP contribution in [0.15, 0.2) is 115 Å². The maximum Gasteiger partial charge on any atom is 0.326 e. The number of carboxylic acids is 1. The molecule has 4 aromatic carbocycles. The van der Waals surface area contributed by atoms with Crippen LogP contribution < -0.4 is 10.1 Å². The maximum atomic E-state index is 12.9. The van der Waals surface area contributed by atoms with Gasteiger partial charge >= 0.3 is 5.97 Å². The number of para-hydroxylation sites is 1. The molecule has 1 heterocycles. The van der Waals surface area contributed by atoms with E-state index in [1.165, 1.54) is 11.1 Å². The lowest BCUT2D eigenvalue weighted by Gasteiger charge is -2.23. The fourth-order valence-electron chi connectivity index (χ4n) is 4.85. The summed E-state index contributed by atoms with van der Waals surface area (Å²) in [6.45, 7) is 2.82. The normalized spacial score (nSPS) is 11.8. The first-order valence-electron chi connectivity index (χ1n) is 13.7. The van der Waals surface area contributed by atoms with Crippen molar-refractivity contribution >= 4 is 22.8 Å². The molecule has 208 valence electrons. The number of carboxylic acid groups (broad SMARTS) is 1. The number of aliphatic carboxylic acids is 1. The SMILES string of the molecule is O=C(N[C@@H](Cc1c[nH]c2ccccc12)C(=O)O)c1ccc(OCCN(Cc2ccccc2)Cc2ccccc2)cc1. The Morgan fingerprint density at radius 1 is 0.805 bits per heavy atom. The van der Waals surface area contributed by atoms with Gasteiger partial charge in [-0.15, -0.1) is 0 Å². The van der Waals surface area contributed by atoms with E-state index in [-0.39, 0.29) is 6.42 Å². The molecule has 0 spiro atoms. The molecule has 1 amide bonds. The monoisotopic (exact) mass is 547 g/mol. The predicted molar refractivity (Wildman–Crippen MR) is 160 cm³/mol. The number of ether oxygens (including phenoxy) is 1. The van der Waals surface area contributed by atoms with Gasteiger partial charge in [0.25, 0.3) is 5.91 Å². The highest BCUT2D eigenvalue weighted by Gasteiger charge is 2.22. The summed E-state index contributed by atoms with van der Waals surface area (Å²) >= 11 is 0. The zero-order valence-corrected chi connectivity index (χ0v) is 22.7. The van der Waals surface area contributed by atoms with Crippen molar-refractivity contribution in [3.05, 3.63) is 138 Å². The smallest absolute Gasteiger partial charge is 0.326 e. The molecule has 7 heteroatoms. The molecule has 0 bridgehead atoms. The van der Waals surface area contributed by atoms with E-state index < -0.39 is 17.9 Å². The van der Waals surface area contributed by atoms with E-state index in [2.05, 4.69) is 39.5 Å². The van der Waals surface area contributed by atoms with E-state index in [1.807, 2.05) is 60.7 Å². The zero-order chi connectivity index (χ0) is 28.4. The standard InChI is InChI=1S/C34H33N3O4/c38-33(36-32(34(39)40)21-28-22-35-31-14-8-7-13-30(28)31)27-15-17-29(18-16-27)41-20-19-37(23-25-9-3-1-4-10-25)24-26-11-5-2-6-12-26/h1-18,22,32,35H,19-21,23-24H2,(H,36,38)(H,39,40)/t32-/m0/s1. The van der Waals surface area contributed by atoms with E-state index in [1.54, 1.807) is 30.5 Å². The molecule has 0 aliphatic carbocycles. The van der Waals surface area contributed by atoms with Gasteiger partial charge in [-0.2, -0.15) is 0 Å². The fourth-order valence-corrected chi connectivity index (χ4v) is 4.85. The van der Waals surface area contributed by atoms with Gasteiger partial charge in [0.05, 0.1) is 0 Å². The van der Waals surface area contributed by atoms with Crippen LogP contribution in [0.2, 0.25) is 0 Å². The van der Waals surface area contributed by atoms with Crippen LogP contribution >= 0.6 is 0 Å². The number of H-pyrrole nitrogens is 1. The van der Waals surface area contributed by atoms with E-state index in [9.17, 15) is 14.7 Å². The number of nitrogens with zero attached hydrogens (tertiary/aromatic N) is 1. The molecule has 7 nitrogen and oxygen atoms in total. The van der Waals surface area contributed by atoms with Gasteiger partial charge in [0.1, 0.15) is 18.4 Å². The van der Waals surface area contributed by atoms with Crippen LogP contribution in [0.3, 0.4) is 0 Å². The van der Waals surface area contributed by atoms with Crippen LogP contribution in [-0.4, -0.2) is 46.1 Å². The van der Waals surface area contributed by atoms with Gasteiger partial charge in [-0.05, 0) is 47.0 Å². The summed E-state index contributed by atoms with van der Waals surface area (Å²) in [6.07, 6.45) is 1.97. The number of fused-ring (bicyclic) bond motifs is 1. The summed E-state index contributed by atoms with van der Waals surface area (Å²) in [5, 5.41) is 13.4. The summed E-state index contributed by atoms with van der Waals surface area (Å²) in [5.74, 6) is -0.880. The molecule has 0 unspecified atom stereocenters. The molecule has 1 atom stereocenters. The molecule has 0 fully saturated rings. The predicted octanol–water partition coefficient (Wildman–Crippen LogP) is 5.67. The number of carbonyl (C=O) groups is 2. The van der Waals surface area contributed by atoms with Gasteiger partial charge in [0, 0.05) is 48.7 Å². The summed E-state index contributed by atoms with van der Waals surface area (Å²) in [7, 11) is 0. The maximum absolute atomic E-state index is 12.9. The van der Waals surface area contributed by atoms with Gasteiger partial charge < -0.3 is 20.1 Å². The number of hydrogen-bond acceptors (Lipinski definition) is 4. The minimum atomic E-state index is -1.08. The Hall–Kier alpha value is -4.88. The Morgan fingerprint density at radius 2 is 1.41 bits per heavy atom. The molecule has 0 radical (unpaired) electrons. The molecule has 0 saturated heterocycles. The molecule has 5 aromatic rings. The highest BCUT2D eigenvalue weighted by Crippen LogP contribution is 2.20. The van der Waals surface area contributed by atoms with Gasteiger partial charge in [-0.3, -0.25) is 9.69 Å². The van der Waals surface area contributed by atoms with Gasteiger partial charge in [-0.1, -0.05) is 78.9 Å². The molecule has 3 N–H and O–H groups in total. The van der Waals surface area contributed by atoms with Crippen molar-refractivity contribution in [1.82, 2.24) is 15.2 Å². The summed E-state index contributed by atoms with van der Waals surface area (Å²) in [4.78, 5) is 30.3. The second kappa shape index (κ2) is 13.5. The topological polar surface area (TPSA) is 94.7 Å². The van der Waals surface area contributed by atoms with E-state index >= 15 is 0 Å². The van der Waals surface area contributed by atoms with E-state index in [4.69, 9.17) is 4.74 Å². The average Bonchev–Trinajstić information content (AvgIpc) is 3.41. The van der Waals surface area contributed by atoms with Crippen molar-refractivity contribution < 1.29 is 19.4 Å². The number of benzene rings is 4. The highest BCUT2D eigenvalue weighted by molar-refractivity contribution is 5.97. The molecule has 41 heavy (non-hydrogen) atoms. The first-order valence-corrected chi connectivity index (χ1v) is 13.7. The van der Waals surface area contributed by atoms with E-state index in [0.29, 0.717) is 17.9 Å². The molecule has 1 aromatic heterocycles. The fraction of sp³-hybridized carbons (Fsp3) is 0.176. The number of carbonyl (C=O) groups excluding carboxylic acids is 1. The number of amides is 1. The first kappa shape index (κ1) is 27.7. The summed E-state index contributed by atoms with van der Waals surface area (Å²) in [5.41, 5.74) is 4.62. The lowest BCUT2D eigenvalue weighted by Crippen LogP contribution is -2.42. The third-order valence-corrected chi connectivity index (χ3v) is 6.99. The lowest BCUT2D eigenvalue weighted by atomic mass is 10.0. The molecule has 0 saturated carbocycles. The van der Waals surface area contributed by atoms with Gasteiger partial charge in [-0.25, -0.2) is 4.79 Å². The number of rotatable bonds is 13. The van der Waals surface area contributed by atoms with Crippen molar-refractivity contribution in [2.75, 3.05) is 13.2 Å². The zero-order valence-electron chi connectivity index (χ0n) is 22.7. The summed E-state index contributed by atoms with van der Waals surface area (Å²) in [6, 6.07) is 34.1. The van der Waals surface area contributed by atoms with Crippen molar-refractivity contribution in [2.45, 2.75) is 25.6 Å². The largest absolute Gasteiger partial charge is 0.492 e. The number of aromatic amines is 1. The van der Waals surface area contributed by atoms with Crippen molar-refractivity contribution in [3.63, 3.8) is 0 Å². The van der Waals surface area contributed by atoms with Crippen molar-refractivity contribution in [2.24, 2.45) is 0 Å². The van der Waals surface area contributed by atoms with Gasteiger partial charge in [0.15, 0.2) is 0 Å². The lowest BCUT2D eigenvalue weighted by molar-refractivity contribution is -0.139. The Morgan fingerprint density at radius 3 is 2.05 bits per heavy atom. The number of hydrogen-bond donors (Lipinski definition) is 3. The van der Waals surface area contributed by atoms with Gasteiger partial charge in [0.2, 0.25) is 0 Å². The van der Waals surface area contributed by atoms with Crippen molar-refractivity contribution in [3.8, 4) is 5.75 Å². The minimum Gasteiger partial charge on any atom is -0.492 e. The molecular formula is C34H33N3O4. The molecule has 5 rings (SSSR count). The van der Waals surface area contributed by atoms with Crippen LogP contribution in [0.1, 0.15) is 27.0 Å². The van der Waals surface area contributed by atoms with Crippen molar-refractivity contribution in [1.29, 1.82) is 0 Å².